The average molecular weight is 428 g/mol. The Morgan fingerprint density at radius 2 is 1.82 bits per heavy atom. The van der Waals surface area contributed by atoms with Crippen LogP contribution in [0.3, 0.4) is 0 Å². The van der Waals surface area contributed by atoms with E-state index in [1.165, 1.54) is 25.3 Å². The van der Waals surface area contributed by atoms with Crippen LogP contribution in [0.25, 0.3) is 0 Å². The van der Waals surface area contributed by atoms with Crippen LogP contribution in [0.15, 0.2) is 30.3 Å². The first-order valence-corrected chi connectivity index (χ1v) is 10.5. The number of nitrogens with one attached hydrogen (secondary N) is 1. The van der Waals surface area contributed by atoms with E-state index >= 15 is 0 Å². The van der Waals surface area contributed by atoms with Gasteiger partial charge in [0.15, 0.2) is 11.5 Å². The quantitative estimate of drug-likeness (QED) is 0.378. The van der Waals surface area contributed by atoms with Gasteiger partial charge >= 0.3 is 0 Å². The van der Waals surface area contributed by atoms with E-state index in [0.717, 1.165) is 18.5 Å². The minimum atomic E-state index is -0.412. The summed E-state index contributed by atoms with van der Waals surface area (Å²) in [5.74, 6) is 0.533. The second-order valence-corrected chi connectivity index (χ2v) is 7.38. The van der Waals surface area contributed by atoms with E-state index in [1.54, 1.807) is 12.1 Å². The first-order valence-electron chi connectivity index (χ1n) is 9.78. The molecule has 28 heavy (non-hydrogen) atoms. The Hall–Kier alpha value is -1.49. The molecule has 0 atom stereocenters. The van der Waals surface area contributed by atoms with Crippen molar-refractivity contribution in [3.05, 3.63) is 57.3 Å². The number of ether oxygens (including phenoxy) is 2. The summed E-state index contributed by atoms with van der Waals surface area (Å²) in [4.78, 5) is 0. The predicted molar refractivity (Wildman–Crippen MR) is 114 cm³/mol. The standard InChI is InChI=1S/C22H28Cl2FNO2/c1-3-5-6-7-11-26-14-16-12-19(24)22(21(13-16)27-4-2)28-15-17-18(23)9-8-10-20(17)25/h8-10,12-13,26H,3-7,11,14-15H2,1-2H3. The maximum Gasteiger partial charge on any atom is 0.180 e. The van der Waals surface area contributed by atoms with E-state index < -0.39 is 5.82 Å². The molecule has 0 aliphatic heterocycles. The van der Waals surface area contributed by atoms with Crippen molar-refractivity contribution in [1.82, 2.24) is 5.32 Å². The van der Waals surface area contributed by atoms with Gasteiger partial charge in [-0.25, -0.2) is 4.39 Å². The van der Waals surface area contributed by atoms with Crippen LogP contribution in [0.5, 0.6) is 11.5 Å². The molecule has 0 fully saturated rings. The van der Waals surface area contributed by atoms with Gasteiger partial charge < -0.3 is 14.8 Å². The maximum absolute atomic E-state index is 14.0. The van der Waals surface area contributed by atoms with Crippen LogP contribution in [0, 0.1) is 5.82 Å². The normalized spacial score (nSPS) is 10.9. The van der Waals surface area contributed by atoms with Crippen molar-refractivity contribution in [3.63, 3.8) is 0 Å². The van der Waals surface area contributed by atoms with Gasteiger partial charge in [-0.3, -0.25) is 0 Å². The van der Waals surface area contributed by atoms with Crippen LogP contribution >= 0.6 is 23.2 Å². The topological polar surface area (TPSA) is 30.5 Å². The zero-order valence-corrected chi connectivity index (χ0v) is 18.0. The molecule has 2 aromatic carbocycles. The van der Waals surface area contributed by atoms with E-state index in [1.807, 2.05) is 19.1 Å². The summed E-state index contributed by atoms with van der Waals surface area (Å²) in [5.41, 5.74) is 1.31. The lowest BCUT2D eigenvalue weighted by Crippen LogP contribution is -2.15. The molecule has 0 aliphatic carbocycles. The molecule has 0 amide bonds. The van der Waals surface area contributed by atoms with E-state index in [0.29, 0.717) is 40.3 Å². The van der Waals surface area contributed by atoms with Gasteiger partial charge in [0, 0.05) is 12.1 Å². The molecule has 0 aromatic heterocycles. The number of halogens is 3. The summed E-state index contributed by atoms with van der Waals surface area (Å²) in [6.07, 6.45) is 4.89. The summed E-state index contributed by atoms with van der Waals surface area (Å²) in [6.45, 7) is 6.21. The highest BCUT2D eigenvalue weighted by atomic mass is 35.5. The molecule has 0 heterocycles. The second-order valence-electron chi connectivity index (χ2n) is 6.56. The predicted octanol–water partition coefficient (Wildman–Crippen LogP) is 6.78. The van der Waals surface area contributed by atoms with Crippen LogP contribution < -0.4 is 14.8 Å². The molecule has 0 saturated heterocycles. The van der Waals surface area contributed by atoms with Crippen LogP contribution in [-0.4, -0.2) is 13.2 Å². The van der Waals surface area contributed by atoms with Gasteiger partial charge in [-0.1, -0.05) is 55.5 Å². The van der Waals surface area contributed by atoms with Crippen molar-refractivity contribution in [2.24, 2.45) is 0 Å². The Morgan fingerprint density at radius 3 is 2.54 bits per heavy atom. The largest absolute Gasteiger partial charge is 0.490 e. The molecule has 0 spiro atoms. The smallest absolute Gasteiger partial charge is 0.180 e. The van der Waals surface area contributed by atoms with Crippen molar-refractivity contribution >= 4 is 23.2 Å². The zero-order chi connectivity index (χ0) is 20.4. The van der Waals surface area contributed by atoms with Crippen molar-refractivity contribution in [3.8, 4) is 11.5 Å². The Morgan fingerprint density at radius 1 is 1.00 bits per heavy atom. The van der Waals surface area contributed by atoms with Crippen molar-refractivity contribution < 1.29 is 13.9 Å². The molecule has 3 nitrogen and oxygen atoms in total. The first-order chi connectivity index (χ1) is 13.6. The van der Waals surface area contributed by atoms with Gasteiger partial charge in [-0.2, -0.15) is 0 Å². The lowest BCUT2D eigenvalue weighted by atomic mass is 10.1. The third-order valence-electron chi connectivity index (χ3n) is 4.33. The number of unbranched alkanes of at least 4 members (excludes halogenated alkanes) is 3. The minimum absolute atomic E-state index is 0.0275. The second kappa shape index (κ2) is 12.2. The average Bonchev–Trinajstić information content (AvgIpc) is 2.66. The molecular formula is C22H28Cl2FNO2. The highest BCUT2D eigenvalue weighted by Crippen LogP contribution is 2.37. The fraction of sp³-hybridized carbons (Fsp3) is 0.455. The Kier molecular flexibility index (Phi) is 9.89. The zero-order valence-electron chi connectivity index (χ0n) is 16.5. The lowest BCUT2D eigenvalue weighted by molar-refractivity contribution is 0.266. The molecule has 2 aromatic rings. The fourth-order valence-electron chi connectivity index (χ4n) is 2.85. The summed E-state index contributed by atoms with van der Waals surface area (Å²) >= 11 is 12.5. The highest BCUT2D eigenvalue weighted by molar-refractivity contribution is 6.32. The monoisotopic (exact) mass is 427 g/mol. The van der Waals surface area contributed by atoms with E-state index in [-0.39, 0.29) is 6.61 Å². The third kappa shape index (κ3) is 6.84. The lowest BCUT2D eigenvalue weighted by Gasteiger charge is -2.16. The van der Waals surface area contributed by atoms with E-state index in [4.69, 9.17) is 32.7 Å². The summed E-state index contributed by atoms with van der Waals surface area (Å²) in [6, 6.07) is 8.30. The van der Waals surface area contributed by atoms with Gasteiger partial charge in [0.1, 0.15) is 12.4 Å². The number of rotatable bonds is 12. The van der Waals surface area contributed by atoms with Crippen LogP contribution in [0.2, 0.25) is 10.0 Å². The molecule has 0 saturated carbocycles. The van der Waals surface area contributed by atoms with Crippen LogP contribution in [-0.2, 0) is 13.2 Å². The molecule has 154 valence electrons. The van der Waals surface area contributed by atoms with Gasteiger partial charge in [-0.15, -0.1) is 0 Å². The van der Waals surface area contributed by atoms with Crippen molar-refractivity contribution in [2.75, 3.05) is 13.2 Å². The minimum Gasteiger partial charge on any atom is -0.490 e. The van der Waals surface area contributed by atoms with Crippen molar-refractivity contribution in [1.29, 1.82) is 0 Å². The van der Waals surface area contributed by atoms with E-state index in [2.05, 4.69) is 12.2 Å². The van der Waals surface area contributed by atoms with Crippen LogP contribution in [0.1, 0.15) is 50.7 Å². The number of hydrogen-bond donors (Lipinski definition) is 1. The highest BCUT2D eigenvalue weighted by Gasteiger charge is 2.15. The summed E-state index contributed by atoms with van der Waals surface area (Å²) in [7, 11) is 0. The summed E-state index contributed by atoms with van der Waals surface area (Å²) in [5, 5.41) is 4.18. The number of benzene rings is 2. The van der Waals surface area contributed by atoms with Gasteiger partial charge in [0.25, 0.3) is 0 Å². The fourth-order valence-corrected chi connectivity index (χ4v) is 3.36. The summed E-state index contributed by atoms with van der Waals surface area (Å²) < 4.78 is 25.5. The molecule has 0 unspecified atom stereocenters. The molecular weight excluding hydrogens is 400 g/mol. The number of hydrogen-bond acceptors (Lipinski definition) is 3. The van der Waals surface area contributed by atoms with Gasteiger partial charge in [-0.05, 0) is 49.7 Å². The Labute approximate surface area is 177 Å². The first kappa shape index (κ1) is 22.8. The molecule has 0 bridgehead atoms. The molecule has 6 heteroatoms. The maximum atomic E-state index is 14.0. The SMILES string of the molecule is CCCCCCNCc1cc(Cl)c(OCc2c(F)cccc2Cl)c(OCC)c1. The molecule has 1 N–H and O–H groups in total. The third-order valence-corrected chi connectivity index (χ3v) is 4.96. The Balaban J connectivity index is 2.05. The molecule has 0 aliphatic rings. The van der Waals surface area contributed by atoms with Crippen LogP contribution in [0.4, 0.5) is 4.39 Å². The Bertz CT molecular complexity index is 735. The van der Waals surface area contributed by atoms with E-state index in [9.17, 15) is 4.39 Å². The molecule has 2 rings (SSSR count). The van der Waals surface area contributed by atoms with Gasteiger partial charge in [0.05, 0.1) is 16.7 Å². The van der Waals surface area contributed by atoms with Gasteiger partial charge in [0.2, 0.25) is 0 Å². The van der Waals surface area contributed by atoms with Crippen molar-refractivity contribution in [2.45, 2.75) is 52.7 Å². The molecule has 0 radical (unpaired) electrons.